The highest BCUT2D eigenvalue weighted by atomic mass is 16.5. The molecule has 16 heavy (non-hydrogen) atoms. The van der Waals surface area contributed by atoms with Crippen LogP contribution in [0.4, 0.5) is 0 Å². The molecule has 0 amide bonds. The van der Waals surface area contributed by atoms with Gasteiger partial charge in [0.2, 0.25) is 0 Å². The van der Waals surface area contributed by atoms with Crippen molar-refractivity contribution in [1.82, 2.24) is 0 Å². The van der Waals surface area contributed by atoms with Crippen LogP contribution in [0.5, 0.6) is 5.75 Å². The van der Waals surface area contributed by atoms with Gasteiger partial charge >= 0.3 is 0 Å². The lowest BCUT2D eigenvalue weighted by atomic mass is 9.95. The molecule has 1 nitrogen and oxygen atoms in total. The van der Waals surface area contributed by atoms with Gasteiger partial charge in [-0.3, -0.25) is 0 Å². The van der Waals surface area contributed by atoms with Gasteiger partial charge in [0.05, 0.1) is 6.61 Å². The molecule has 0 radical (unpaired) electrons. The highest BCUT2D eigenvalue weighted by Gasteiger charge is 2.11. The van der Waals surface area contributed by atoms with E-state index in [4.69, 9.17) is 4.74 Å². The van der Waals surface area contributed by atoms with E-state index in [1.165, 1.54) is 16.3 Å². The van der Waals surface area contributed by atoms with Gasteiger partial charge in [-0.2, -0.15) is 0 Å². The highest BCUT2D eigenvalue weighted by Crippen LogP contribution is 2.33. The lowest BCUT2D eigenvalue weighted by Gasteiger charge is -2.16. The maximum atomic E-state index is 5.71. The van der Waals surface area contributed by atoms with Crippen molar-refractivity contribution in [2.45, 2.75) is 26.7 Å². The minimum Gasteiger partial charge on any atom is -0.494 e. The molecule has 0 saturated heterocycles. The average molecular weight is 214 g/mol. The van der Waals surface area contributed by atoms with E-state index in [-0.39, 0.29) is 0 Å². The number of hydrogen-bond acceptors (Lipinski definition) is 1. The molecular formula is C15H18O. The Hall–Kier alpha value is -1.50. The van der Waals surface area contributed by atoms with E-state index < -0.39 is 0 Å². The lowest BCUT2D eigenvalue weighted by molar-refractivity contribution is 0.336. The molecule has 0 N–H and O–H groups in total. The molecule has 1 heteroatoms. The van der Waals surface area contributed by atoms with Gasteiger partial charge in [0.1, 0.15) is 5.75 Å². The Morgan fingerprint density at radius 1 is 1.06 bits per heavy atom. The third kappa shape index (κ3) is 1.90. The summed E-state index contributed by atoms with van der Waals surface area (Å²) in [5.74, 6) is 1.50. The standard InChI is InChI=1S/C15H18O/c1-4-16-14-10-9-12-7-5-6-8-13(12)15(14)11(2)3/h5-11H,4H2,1-3H3. The van der Waals surface area contributed by atoms with Crippen molar-refractivity contribution in [3.63, 3.8) is 0 Å². The molecule has 0 aliphatic rings. The summed E-state index contributed by atoms with van der Waals surface area (Å²) in [4.78, 5) is 0. The molecular weight excluding hydrogens is 196 g/mol. The number of fused-ring (bicyclic) bond motifs is 1. The molecule has 0 bridgehead atoms. The van der Waals surface area contributed by atoms with Crippen LogP contribution in [0.15, 0.2) is 36.4 Å². The molecule has 0 aliphatic carbocycles. The topological polar surface area (TPSA) is 9.23 Å². The second-order valence-corrected chi connectivity index (χ2v) is 4.29. The van der Waals surface area contributed by atoms with Gasteiger partial charge in [-0.25, -0.2) is 0 Å². The summed E-state index contributed by atoms with van der Waals surface area (Å²) >= 11 is 0. The van der Waals surface area contributed by atoms with Crippen molar-refractivity contribution in [1.29, 1.82) is 0 Å². The van der Waals surface area contributed by atoms with Crippen molar-refractivity contribution in [2.24, 2.45) is 0 Å². The minimum atomic E-state index is 0.479. The van der Waals surface area contributed by atoms with Gasteiger partial charge in [-0.1, -0.05) is 44.2 Å². The zero-order valence-corrected chi connectivity index (χ0v) is 10.2. The van der Waals surface area contributed by atoms with Gasteiger partial charge in [0.25, 0.3) is 0 Å². The van der Waals surface area contributed by atoms with E-state index in [9.17, 15) is 0 Å². The highest BCUT2D eigenvalue weighted by molar-refractivity contribution is 5.88. The van der Waals surface area contributed by atoms with Crippen LogP contribution in [-0.2, 0) is 0 Å². The Kier molecular flexibility index (Phi) is 3.14. The van der Waals surface area contributed by atoms with Crippen LogP contribution in [0.2, 0.25) is 0 Å². The molecule has 2 aromatic rings. The molecule has 0 unspecified atom stereocenters. The molecule has 0 saturated carbocycles. The van der Waals surface area contributed by atoms with E-state index in [0.29, 0.717) is 5.92 Å². The summed E-state index contributed by atoms with van der Waals surface area (Å²) < 4.78 is 5.71. The second-order valence-electron chi connectivity index (χ2n) is 4.29. The first-order valence-electron chi connectivity index (χ1n) is 5.88. The third-order valence-corrected chi connectivity index (χ3v) is 2.81. The second kappa shape index (κ2) is 4.56. The van der Waals surface area contributed by atoms with Gasteiger partial charge < -0.3 is 4.74 Å². The van der Waals surface area contributed by atoms with Gasteiger partial charge in [-0.05, 0) is 29.7 Å². The van der Waals surface area contributed by atoms with Crippen molar-refractivity contribution < 1.29 is 4.74 Å². The van der Waals surface area contributed by atoms with Crippen molar-refractivity contribution in [3.05, 3.63) is 42.0 Å². The fourth-order valence-electron chi connectivity index (χ4n) is 2.15. The zero-order valence-electron chi connectivity index (χ0n) is 10.2. The number of ether oxygens (including phenoxy) is 1. The van der Waals surface area contributed by atoms with Crippen LogP contribution >= 0.6 is 0 Å². The molecule has 0 aromatic heterocycles. The maximum Gasteiger partial charge on any atom is 0.123 e. The van der Waals surface area contributed by atoms with E-state index in [2.05, 4.69) is 50.2 Å². The molecule has 0 fully saturated rings. The molecule has 0 heterocycles. The normalized spacial score (nSPS) is 11.0. The Labute approximate surface area is 97.1 Å². The molecule has 2 rings (SSSR count). The SMILES string of the molecule is CCOc1ccc2ccccc2c1C(C)C. The number of benzene rings is 2. The minimum absolute atomic E-state index is 0.479. The summed E-state index contributed by atoms with van der Waals surface area (Å²) in [7, 11) is 0. The summed E-state index contributed by atoms with van der Waals surface area (Å²) in [6.07, 6.45) is 0. The van der Waals surface area contributed by atoms with E-state index in [1.807, 2.05) is 6.92 Å². The Balaban J connectivity index is 2.69. The van der Waals surface area contributed by atoms with Crippen LogP contribution in [0.3, 0.4) is 0 Å². The van der Waals surface area contributed by atoms with Crippen LogP contribution in [0.1, 0.15) is 32.3 Å². The van der Waals surface area contributed by atoms with Crippen LogP contribution in [0, 0.1) is 0 Å². The largest absolute Gasteiger partial charge is 0.494 e. The predicted octanol–water partition coefficient (Wildman–Crippen LogP) is 4.36. The van der Waals surface area contributed by atoms with E-state index >= 15 is 0 Å². The van der Waals surface area contributed by atoms with Crippen LogP contribution < -0.4 is 4.74 Å². The van der Waals surface area contributed by atoms with Crippen LogP contribution in [-0.4, -0.2) is 6.61 Å². The first-order chi connectivity index (χ1) is 7.74. The predicted molar refractivity (Wildman–Crippen MR) is 69.2 cm³/mol. The quantitative estimate of drug-likeness (QED) is 0.737. The van der Waals surface area contributed by atoms with E-state index in [1.54, 1.807) is 0 Å². The van der Waals surface area contributed by atoms with Crippen molar-refractivity contribution in [2.75, 3.05) is 6.61 Å². The Bertz CT molecular complexity index is 486. The molecule has 2 aromatic carbocycles. The van der Waals surface area contributed by atoms with Gasteiger partial charge in [0, 0.05) is 5.56 Å². The summed E-state index contributed by atoms with van der Waals surface area (Å²) in [5, 5.41) is 2.60. The zero-order chi connectivity index (χ0) is 11.5. The molecule has 84 valence electrons. The fraction of sp³-hybridized carbons (Fsp3) is 0.333. The molecule has 0 spiro atoms. The summed E-state index contributed by atoms with van der Waals surface area (Å²) in [6, 6.07) is 12.7. The van der Waals surface area contributed by atoms with E-state index in [0.717, 1.165) is 12.4 Å². The fourth-order valence-corrected chi connectivity index (χ4v) is 2.15. The smallest absolute Gasteiger partial charge is 0.123 e. The third-order valence-electron chi connectivity index (χ3n) is 2.81. The van der Waals surface area contributed by atoms with Crippen molar-refractivity contribution in [3.8, 4) is 5.75 Å². The number of rotatable bonds is 3. The Morgan fingerprint density at radius 3 is 2.50 bits per heavy atom. The first kappa shape index (κ1) is 11.0. The summed E-state index contributed by atoms with van der Waals surface area (Å²) in [5.41, 5.74) is 1.32. The lowest BCUT2D eigenvalue weighted by Crippen LogP contribution is -1.99. The van der Waals surface area contributed by atoms with Gasteiger partial charge in [0.15, 0.2) is 0 Å². The van der Waals surface area contributed by atoms with Gasteiger partial charge in [-0.15, -0.1) is 0 Å². The molecule has 0 atom stereocenters. The average Bonchev–Trinajstić information content (AvgIpc) is 2.28. The van der Waals surface area contributed by atoms with Crippen LogP contribution in [0.25, 0.3) is 10.8 Å². The van der Waals surface area contributed by atoms with Crippen molar-refractivity contribution >= 4 is 10.8 Å². The maximum absolute atomic E-state index is 5.71. The first-order valence-corrected chi connectivity index (χ1v) is 5.88. The summed E-state index contributed by atoms with van der Waals surface area (Å²) in [6.45, 7) is 7.17. The molecule has 0 aliphatic heterocycles. The number of hydrogen-bond donors (Lipinski definition) is 0. The monoisotopic (exact) mass is 214 g/mol. The Morgan fingerprint density at radius 2 is 1.81 bits per heavy atom.